The second kappa shape index (κ2) is 5.82. The summed E-state index contributed by atoms with van der Waals surface area (Å²) >= 11 is 0. The number of halogens is 3. The van der Waals surface area contributed by atoms with Gasteiger partial charge in [-0.05, 0) is 19.1 Å². The molecule has 1 atom stereocenters. The highest BCUT2D eigenvalue weighted by Gasteiger charge is 2.15. The number of nitrogens with one attached hydrogen (secondary N) is 1. The molecule has 1 unspecified atom stereocenters. The van der Waals surface area contributed by atoms with Gasteiger partial charge in [-0.25, -0.2) is 13.2 Å². The van der Waals surface area contributed by atoms with Crippen molar-refractivity contribution in [1.29, 1.82) is 0 Å². The molecule has 0 radical (unpaired) electrons. The Morgan fingerprint density at radius 2 is 1.81 bits per heavy atom. The molecular formula is C14H11F3N2O2. The van der Waals surface area contributed by atoms with Gasteiger partial charge in [0.15, 0.2) is 0 Å². The van der Waals surface area contributed by atoms with E-state index in [1.54, 1.807) is 6.92 Å². The Labute approximate surface area is 118 Å². The number of nitrogens with zero attached hydrogens (tertiary/aromatic N) is 1. The zero-order valence-corrected chi connectivity index (χ0v) is 10.9. The summed E-state index contributed by atoms with van der Waals surface area (Å²) in [6.45, 7) is 1.58. The van der Waals surface area contributed by atoms with Crippen LogP contribution in [-0.4, -0.2) is 4.92 Å². The summed E-state index contributed by atoms with van der Waals surface area (Å²) in [6.07, 6.45) is 0. The zero-order chi connectivity index (χ0) is 15.6. The number of hydrogen-bond donors (Lipinski definition) is 1. The third-order valence-electron chi connectivity index (χ3n) is 2.91. The quantitative estimate of drug-likeness (QED) is 0.680. The normalized spacial score (nSPS) is 12.0. The highest BCUT2D eigenvalue weighted by molar-refractivity contribution is 5.52. The van der Waals surface area contributed by atoms with E-state index in [2.05, 4.69) is 5.32 Å². The van der Waals surface area contributed by atoms with Gasteiger partial charge in [-0.15, -0.1) is 0 Å². The summed E-state index contributed by atoms with van der Waals surface area (Å²) < 4.78 is 39.8. The number of non-ortho nitro benzene ring substituents is 1. The van der Waals surface area contributed by atoms with E-state index in [0.717, 1.165) is 30.3 Å². The van der Waals surface area contributed by atoms with Gasteiger partial charge in [-0.1, -0.05) is 6.07 Å². The molecule has 2 aromatic rings. The first-order chi connectivity index (χ1) is 9.86. The van der Waals surface area contributed by atoms with Crippen molar-refractivity contribution >= 4 is 11.4 Å². The number of nitro groups is 1. The van der Waals surface area contributed by atoms with Gasteiger partial charge in [-0.3, -0.25) is 10.1 Å². The third kappa shape index (κ3) is 3.50. The van der Waals surface area contributed by atoms with E-state index in [4.69, 9.17) is 0 Å². The Kier molecular flexibility index (Phi) is 4.11. The molecule has 0 saturated heterocycles. The molecule has 21 heavy (non-hydrogen) atoms. The van der Waals surface area contributed by atoms with E-state index in [0.29, 0.717) is 0 Å². The molecule has 4 nitrogen and oxygen atoms in total. The van der Waals surface area contributed by atoms with Gasteiger partial charge in [0.25, 0.3) is 5.69 Å². The van der Waals surface area contributed by atoms with Crippen LogP contribution < -0.4 is 5.32 Å². The summed E-state index contributed by atoms with van der Waals surface area (Å²) in [6, 6.07) is 5.47. The molecule has 0 fully saturated rings. The first kappa shape index (κ1) is 14.8. The minimum atomic E-state index is -0.779. The standard InChI is InChI=1S/C14H11F3N2O2/c1-8(13-3-2-9(15)6-14(13)17)18-11-4-10(16)5-12(7-11)19(20)21/h2-8,18H,1H3. The molecule has 0 amide bonds. The summed E-state index contributed by atoms with van der Waals surface area (Å²) in [7, 11) is 0. The lowest BCUT2D eigenvalue weighted by Gasteiger charge is -2.16. The summed E-state index contributed by atoms with van der Waals surface area (Å²) in [5, 5.41) is 13.4. The summed E-state index contributed by atoms with van der Waals surface area (Å²) in [4.78, 5) is 9.94. The monoisotopic (exact) mass is 296 g/mol. The highest BCUT2D eigenvalue weighted by Crippen LogP contribution is 2.25. The molecule has 0 spiro atoms. The Morgan fingerprint density at radius 3 is 2.43 bits per heavy atom. The minimum Gasteiger partial charge on any atom is -0.378 e. The molecule has 1 N–H and O–H groups in total. The number of rotatable bonds is 4. The van der Waals surface area contributed by atoms with Crippen LogP contribution in [0, 0.1) is 27.6 Å². The lowest BCUT2D eigenvalue weighted by atomic mass is 10.1. The van der Waals surface area contributed by atoms with Crippen molar-refractivity contribution in [2.24, 2.45) is 0 Å². The van der Waals surface area contributed by atoms with Crippen LogP contribution in [0.15, 0.2) is 36.4 Å². The Hall–Kier alpha value is -2.57. The first-order valence-electron chi connectivity index (χ1n) is 6.03. The van der Waals surface area contributed by atoms with Gasteiger partial charge in [-0.2, -0.15) is 0 Å². The largest absolute Gasteiger partial charge is 0.378 e. The van der Waals surface area contributed by atoms with E-state index >= 15 is 0 Å². The Bertz CT molecular complexity index is 692. The maximum atomic E-state index is 13.6. The molecule has 2 rings (SSSR count). The SMILES string of the molecule is CC(Nc1cc(F)cc([N+](=O)[O-])c1)c1ccc(F)cc1F. The molecule has 7 heteroatoms. The number of hydrogen-bond acceptors (Lipinski definition) is 3. The van der Waals surface area contributed by atoms with Crippen LogP contribution in [0.5, 0.6) is 0 Å². The average Bonchev–Trinajstić information content (AvgIpc) is 2.37. The van der Waals surface area contributed by atoms with Gasteiger partial charge in [0.2, 0.25) is 0 Å². The van der Waals surface area contributed by atoms with Crippen molar-refractivity contribution in [3.63, 3.8) is 0 Å². The fourth-order valence-electron chi connectivity index (χ4n) is 1.94. The van der Waals surface area contributed by atoms with E-state index in [-0.39, 0.29) is 11.3 Å². The fraction of sp³-hybridized carbons (Fsp3) is 0.143. The molecule has 110 valence electrons. The van der Waals surface area contributed by atoms with Crippen molar-refractivity contribution in [3.05, 3.63) is 69.5 Å². The third-order valence-corrected chi connectivity index (χ3v) is 2.91. The number of anilines is 1. The van der Waals surface area contributed by atoms with Gasteiger partial charge < -0.3 is 5.32 Å². The van der Waals surface area contributed by atoms with E-state index in [9.17, 15) is 23.3 Å². The highest BCUT2D eigenvalue weighted by atomic mass is 19.1. The molecule has 0 saturated carbocycles. The van der Waals surface area contributed by atoms with Crippen LogP contribution in [-0.2, 0) is 0 Å². The first-order valence-corrected chi connectivity index (χ1v) is 6.03. The van der Waals surface area contributed by atoms with Crippen LogP contribution in [0.25, 0.3) is 0 Å². The fourth-order valence-corrected chi connectivity index (χ4v) is 1.94. The molecule has 0 heterocycles. The van der Waals surface area contributed by atoms with Crippen LogP contribution in [0.1, 0.15) is 18.5 Å². The van der Waals surface area contributed by atoms with Crippen molar-refractivity contribution in [2.45, 2.75) is 13.0 Å². The van der Waals surface area contributed by atoms with Crippen molar-refractivity contribution in [2.75, 3.05) is 5.32 Å². The van der Waals surface area contributed by atoms with Gasteiger partial charge in [0.1, 0.15) is 17.5 Å². The summed E-state index contributed by atoms with van der Waals surface area (Å²) in [5.74, 6) is -2.23. The van der Waals surface area contributed by atoms with Crippen LogP contribution >= 0.6 is 0 Å². The minimum absolute atomic E-state index is 0.137. The predicted octanol–water partition coefficient (Wildman–Crippen LogP) is 4.19. The van der Waals surface area contributed by atoms with E-state index < -0.39 is 34.1 Å². The van der Waals surface area contributed by atoms with Crippen molar-refractivity contribution < 1.29 is 18.1 Å². The molecular weight excluding hydrogens is 285 g/mol. The average molecular weight is 296 g/mol. The van der Waals surface area contributed by atoms with Gasteiger partial charge >= 0.3 is 0 Å². The topological polar surface area (TPSA) is 55.2 Å². The second-order valence-electron chi connectivity index (χ2n) is 4.49. The number of benzene rings is 2. The molecule has 0 bridgehead atoms. The number of nitro benzene ring substituents is 1. The maximum absolute atomic E-state index is 13.6. The van der Waals surface area contributed by atoms with Crippen LogP contribution in [0.2, 0.25) is 0 Å². The summed E-state index contributed by atoms with van der Waals surface area (Å²) in [5.41, 5.74) is -0.106. The van der Waals surface area contributed by atoms with Crippen molar-refractivity contribution in [3.8, 4) is 0 Å². The lowest BCUT2D eigenvalue weighted by molar-refractivity contribution is -0.385. The predicted molar refractivity (Wildman–Crippen MR) is 71.5 cm³/mol. The molecule has 2 aromatic carbocycles. The van der Waals surface area contributed by atoms with Crippen LogP contribution in [0.3, 0.4) is 0 Å². The molecule has 0 aliphatic rings. The molecule has 0 aromatic heterocycles. The van der Waals surface area contributed by atoms with Crippen molar-refractivity contribution in [1.82, 2.24) is 0 Å². The zero-order valence-electron chi connectivity index (χ0n) is 10.9. The van der Waals surface area contributed by atoms with E-state index in [1.807, 2.05) is 0 Å². The lowest BCUT2D eigenvalue weighted by Crippen LogP contribution is -2.09. The van der Waals surface area contributed by atoms with E-state index in [1.165, 1.54) is 6.07 Å². The second-order valence-corrected chi connectivity index (χ2v) is 4.49. The van der Waals surface area contributed by atoms with Crippen LogP contribution in [0.4, 0.5) is 24.5 Å². The smallest absolute Gasteiger partial charge is 0.274 e. The maximum Gasteiger partial charge on any atom is 0.274 e. The molecule has 0 aliphatic heterocycles. The van der Waals surface area contributed by atoms with Gasteiger partial charge in [0.05, 0.1) is 17.0 Å². The van der Waals surface area contributed by atoms with Gasteiger partial charge in [0, 0.05) is 23.4 Å². The molecule has 0 aliphatic carbocycles. The Balaban J connectivity index is 2.27. The Morgan fingerprint density at radius 1 is 1.10 bits per heavy atom.